The summed E-state index contributed by atoms with van der Waals surface area (Å²) in [7, 11) is 0. The van der Waals surface area contributed by atoms with E-state index in [0.717, 1.165) is 18.2 Å². The molecule has 0 bridgehead atoms. The van der Waals surface area contributed by atoms with Crippen molar-refractivity contribution in [2.24, 2.45) is 0 Å². The molecule has 68 valence electrons. The van der Waals surface area contributed by atoms with Crippen molar-refractivity contribution in [1.29, 1.82) is 5.26 Å². The number of nitriles is 1. The van der Waals surface area contributed by atoms with Crippen LogP contribution in [-0.4, -0.2) is 0 Å². The molecule has 0 unspecified atom stereocenters. The van der Waals surface area contributed by atoms with E-state index in [1.54, 1.807) is 0 Å². The van der Waals surface area contributed by atoms with Crippen LogP contribution in [0, 0.1) is 17.1 Å². The summed E-state index contributed by atoms with van der Waals surface area (Å²) in [5.74, 6) is -4.45. The maximum atomic E-state index is 12.7. The molecule has 0 aliphatic heterocycles. The quantitative estimate of drug-likeness (QED) is 0.750. The SMILES string of the molecule is N#CC(F)(F)c1cc(F)cc(Br)c1. The first-order valence-electron chi connectivity index (χ1n) is 3.21. The second-order valence-corrected chi connectivity index (χ2v) is 3.26. The fourth-order valence-electron chi connectivity index (χ4n) is 0.800. The van der Waals surface area contributed by atoms with E-state index >= 15 is 0 Å². The Morgan fingerprint density at radius 2 is 1.92 bits per heavy atom. The molecule has 0 atom stereocenters. The molecule has 0 heterocycles. The van der Waals surface area contributed by atoms with E-state index in [2.05, 4.69) is 15.9 Å². The van der Waals surface area contributed by atoms with Gasteiger partial charge in [-0.3, -0.25) is 0 Å². The minimum absolute atomic E-state index is 0.178. The molecule has 0 radical (unpaired) electrons. The van der Waals surface area contributed by atoms with Crippen molar-refractivity contribution in [3.63, 3.8) is 0 Å². The topological polar surface area (TPSA) is 23.8 Å². The Morgan fingerprint density at radius 1 is 1.31 bits per heavy atom. The molecular formula is C8H3BrF3N. The number of nitrogens with zero attached hydrogens (tertiary/aromatic N) is 1. The predicted octanol–water partition coefficient (Wildman–Crippen LogP) is 3.20. The first-order valence-corrected chi connectivity index (χ1v) is 4.00. The average Bonchev–Trinajstić information content (AvgIpc) is 2.02. The second kappa shape index (κ2) is 3.38. The smallest absolute Gasteiger partial charge is 0.207 e. The number of benzene rings is 1. The molecule has 1 aromatic carbocycles. The van der Waals surface area contributed by atoms with Crippen molar-refractivity contribution in [1.82, 2.24) is 0 Å². The number of rotatable bonds is 1. The molecule has 0 aliphatic carbocycles. The van der Waals surface area contributed by atoms with Gasteiger partial charge in [-0.25, -0.2) is 4.39 Å². The number of hydrogen-bond donors (Lipinski definition) is 0. The zero-order chi connectivity index (χ0) is 10.1. The van der Waals surface area contributed by atoms with Crippen molar-refractivity contribution in [3.8, 4) is 6.07 Å². The van der Waals surface area contributed by atoms with E-state index in [0.29, 0.717) is 6.07 Å². The summed E-state index contributed by atoms with van der Waals surface area (Å²) in [5, 5.41) is 8.09. The van der Waals surface area contributed by atoms with Crippen LogP contribution in [0.15, 0.2) is 22.7 Å². The summed E-state index contributed by atoms with van der Waals surface area (Å²) in [5.41, 5.74) is -0.651. The monoisotopic (exact) mass is 249 g/mol. The molecule has 0 amide bonds. The number of hydrogen-bond acceptors (Lipinski definition) is 1. The van der Waals surface area contributed by atoms with E-state index in [1.165, 1.54) is 0 Å². The fourth-order valence-corrected chi connectivity index (χ4v) is 1.26. The lowest BCUT2D eigenvalue weighted by Crippen LogP contribution is -2.09. The van der Waals surface area contributed by atoms with Gasteiger partial charge in [0.2, 0.25) is 0 Å². The van der Waals surface area contributed by atoms with E-state index < -0.39 is 17.3 Å². The highest BCUT2D eigenvalue weighted by atomic mass is 79.9. The van der Waals surface area contributed by atoms with Crippen LogP contribution in [0.25, 0.3) is 0 Å². The normalized spacial score (nSPS) is 11.0. The molecule has 0 aromatic heterocycles. The summed E-state index contributed by atoms with van der Waals surface area (Å²) < 4.78 is 38.2. The van der Waals surface area contributed by atoms with Crippen molar-refractivity contribution in [2.45, 2.75) is 5.92 Å². The van der Waals surface area contributed by atoms with Crippen molar-refractivity contribution >= 4 is 15.9 Å². The maximum Gasteiger partial charge on any atom is 0.357 e. The highest BCUT2D eigenvalue weighted by Gasteiger charge is 2.31. The summed E-state index contributed by atoms with van der Waals surface area (Å²) in [4.78, 5) is 0. The van der Waals surface area contributed by atoms with E-state index in [9.17, 15) is 13.2 Å². The van der Waals surface area contributed by atoms with Gasteiger partial charge in [0, 0.05) is 10.0 Å². The van der Waals surface area contributed by atoms with Gasteiger partial charge in [0.25, 0.3) is 0 Å². The first kappa shape index (κ1) is 10.1. The lowest BCUT2D eigenvalue weighted by molar-refractivity contribution is 0.0608. The molecule has 0 saturated carbocycles. The van der Waals surface area contributed by atoms with Gasteiger partial charge in [0.05, 0.1) is 0 Å². The summed E-state index contributed by atoms with van der Waals surface area (Å²) in [6.07, 6.45) is 0. The van der Waals surface area contributed by atoms with Crippen LogP contribution in [0.2, 0.25) is 0 Å². The molecule has 1 rings (SSSR count). The van der Waals surface area contributed by atoms with Crippen LogP contribution < -0.4 is 0 Å². The molecule has 0 N–H and O–H groups in total. The third-order valence-corrected chi connectivity index (χ3v) is 1.82. The summed E-state index contributed by atoms with van der Waals surface area (Å²) in [6.45, 7) is 0. The third-order valence-electron chi connectivity index (χ3n) is 1.37. The van der Waals surface area contributed by atoms with E-state index in [1.807, 2.05) is 0 Å². The van der Waals surface area contributed by atoms with Gasteiger partial charge in [-0.2, -0.15) is 14.0 Å². The molecule has 0 aliphatic rings. The van der Waals surface area contributed by atoms with Crippen molar-refractivity contribution in [3.05, 3.63) is 34.1 Å². The van der Waals surface area contributed by atoms with Gasteiger partial charge in [-0.05, 0) is 18.2 Å². The Labute approximate surface area is 80.9 Å². The predicted molar refractivity (Wildman–Crippen MR) is 43.6 cm³/mol. The Hall–Kier alpha value is -1.02. The van der Waals surface area contributed by atoms with Crippen LogP contribution in [0.4, 0.5) is 13.2 Å². The molecule has 5 heteroatoms. The largest absolute Gasteiger partial charge is 0.357 e. The van der Waals surface area contributed by atoms with Crippen molar-refractivity contribution in [2.75, 3.05) is 0 Å². The Balaban J connectivity index is 3.25. The van der Waals surface area contributed by atoms with Gasteiger partial charge < -0.3 is 0 Å². The minimum Gasteiger partial charge on any atom is -0.207 e. The molecule has 0 saturated heterocycles. The van der Waals surface area contributed by atoms with Gasteiger partial charge in [0.1, 0.15) is 11.9 Å². The molecule has 0 spiro atoms. The molecular weight excluding hydrogens is 247 g/mol. The third kappa shape index (κ3) is 2.22. The highest BCUT2D eigenvalue weighted by Crippen LogP contribution is 2.29. The van der Waals surface area contributed by atoms with E-state index in [4.69, 9.17) is 5.26 Å². The average molecular weight is 250 g/mol. The second-order valence-electron chi connectivity index (χ2n) is 2.34. The van der Waals surface area contributed by atoms with Crippen LogP contribution in [0.1, 0.15) is 5.56 Å². The van der Waals surface area contributed by atoms with Gasteiger partial charge >= 0.3 is 5.92 Å². The van der Waals surface area contributed by atoms with Gasteiger partial charge in [-0.1, -0.05) is 15.9 Å². The Morgan fingerprint density at radius 3 is 2.38 bits per heavy atom. The summed E-state index contributed by atoms with van der Waals surface area (Å²) >= 11 is 2.85. The fraction of sp³-hybridized carbons (Fsp3) is 0.125. The van der Waals surface area contributed by atoms with E-state index in [-0.39, 0.29) is 4.47 Å². The number of halogens is 4. The lowest BCUT2D eigenvalue weighted by Gasteiger charge is -2.07. The van der Waals surface area contributed by atoms with Crippen LogP contribution >= 0.6 is 15.9 Å². The minimum atomic E-state index is -3.65. The zero-order valence-corrected chi connectivity index (χ0v) is 7.78. The van der Waals surface area contributed by atoms with Crippen molar-refractivity contribution < 1.29 is 13.2 Å². The first-order chi connectivity index (χ1) is 5.95. The Bertz CT molecular complexity index is 350. The van der Waals surface area contributed by atoms with Gasteiger partial charge in [-0.15, -0.1) is 0 Å². The zero-order valence-electron chi connectivity index (χ0n) is 6.19. The molecule has 1 nitrogen and oxygen atoms in total. The summed E-state index contributed by atoms with van der Waals surface area (Å²) in [6, 6.07) is 3.47. The van der Waals surface area contributed by atoms with Crippen LogP contribution in [0.5, 0.6) is 0 Å². The van der Waals surface area contributed by atoms with Crippen LogP contribution in [-0.2, 0) is 5.92 Å². The highest BCUT2D eigenvalue weighted by molar-refractivity contribution is 9.10. The molecule has 13 heavy (non-hydrogen) atoms. The maximum absolute atomic E-state index is 12.7. The molecule has 0 fully saturated rings. The van der Waals surface area contributed by atoms with Crippen LogP contribution in [0.3, 0.4) is 0 Å². The standard InChI is InChI=1S/C8H3BrF3N/c9-6-1-5(2-7(10)3-6)8(11,12)4-13/h1-3H. The lowest BCUT2D eigenvalue weighted by atomic mass is 10.1. The Kier molecular flexibility index (Phi) is 2.62. The number of alkyl halides is 2. The molecule has 1 aromatic rings. The van der Waals surface area contributed by atoms with Gasteiger partial charge in [0.15, 0.2) is 0 Å².